The Morgan fingerprint density at radius 2 is 1.86 bits per heavy atom. The van der Waals surface area contributed by atoms with E-state index in [0.29, 0.717) is 5.92 Å². The highest BCUT2D eigenvalue weighted by Crippen LogP contribution is 2.71. The maximum absolute atomic E-state index is 11.8. The average Bonchev–Trinajstić information content (AvgIpc) is 2.85. The van der Waals surface area contributed by atoms with E-state index in [0.717, 1.165) is 5.92 Å². The zero-order valence-corrected chi connectivity index (χ0v) is 13.7. The van der Waals surface area contributed by atoms with Crippen molar-refractivity contribution in [1.29, 1.82) is 0 Å². The van der Waals surface area contributed by atoms with Gasteiger partial charge in [0, 0.05) is 10.8 Å². The van der Waals surface area contributed by atoms with Crippen molar-refractivity contribution in [2.24, 2.45) is 16.7 Å². The maximum Gasteiger partial charge on any atom is 0.100 e. The van der Waals surface area contributed by atoms with Crippen molar-refractivity contribution < 1.29 is 5.11 Å². The van der Waals surface area contributed by atoms with E-state index in [1.54, 1.807) is 0 Å². The van der Waals surface area contributed by atoms with E-state index in [1.165, 1.54) is 49.7 Å². The number of hydrogen-bond acceptors (Lipinski definition) is 1. The second-order valence-corrected chi connectivity index (χ2v) is 8.69. The van der Waals surface area contributed by atoms with Crippen LogP contribution in [0.2, 0.25) is 0 Å². The van der Waals surface area contributed by atoms with Gasteiger partial charge in [-0.1, -0.05) is 51.5 Å². The molecule has 3 fully saturated rings. The van der Waals surface area contributed by atoms with Crippen molar-refractivity contribution in [2.75, 3.05) is 0 Å². The number of hydrogen-bond donors (Lipinski definition) is 1. The van der Waals surface area contributed by atoms with Crippen molar-refractivity contribution in [2.45, 2.75) is 70.8 Å². The van der Waals surface area contributed by atoms with Gasteiger partial charge in [-0.3, -0.25) is 0 Å². The van der Waals surface area contributed by atoms with Crippen LogP contribution in [-0.4, -0.2) is 5.11 Å². The lowest BCUT2D eigenvalue weighted by molar-refractivity contribution is -0.150. The Morgan fingerprint density at radius 1 is 1.10 bits per heavy atom. The van der Waals surface area contributed by atoms with Gasteiger partial charge in [-0.2, -0.15) is 0 Å². The van der Waals surface area contributed by atoms with Crippen LogP contribution in [0, 0.1) is 16.7 Å². The van der Waals surface area contributed by atoms with Crippen molar-refractivity contribution in [3.8, 4) is 0 Å². The van der Waals surface area contributed by atoms with Crippen LogP contribution in [0.3, 0.4) is 0 Å². The van der Waals surface area contributed by atoms with E-state index in [-0.39, 0.29) is 10.8 Å². The van der Waals surface area contributed by atoms with Gasteiger partial charge in [0.1, 0.15) is 5.60 Å². The molecule has 21 heavy (non-hydrogen) atoms. The molecule has 3 aliphatic rings. The van der Waals surface area contributed by atoms with Crippen LogP contribution in [0.1, 0.15) is 76.3 Å². The average molecular weight is 284 g/mol. The predicted octanol–water partition coefficient (Wildman–Crippen LogP) is 4.99. The summed E-state index contributed by atoms with van der Waals surface area (Å²) in [6, 6.07) is 8.94. The molecule has 0 aromatic heterocycles. The number of aliphatic hydroxyl groups is 1. The van der Waals surface area contributed by atoms with Gasteiger partial charge in [0.25, 0.3) is 0 Å². The fourth-order valence-corrected chi connectivity index (χ4v) is 5.74. The molecule has 0 aliphatic heterocycles. The van der Waals surface area contributed by atoms with Gasteiger partial charge in [0.2, 0.25) is 0 Å². The van der Waals surface area contributed by atoms with Crippen LogP contribution in [-0.2, 0) is 5.60 Å². The lowest BCUT2D eigenvalue weighted by Gasteiger charge is -2.51. The minimum atomic E-state index is -0.664. The molecule has 3 aliphatic carbocycles. The first-order chi connectivity index (χ1) is 9.88. The molecule has 3 saturated carbocycles. The molecule has 0 amide bonds. The molecule has 0 heterocycles. The lowest BCUT2D eigenvalue weighted by atomic mass is 9.57. The Labute approximate surface area is 128 Å². The van der Waals surface area contributed by atoms with Crippen molar-refractivity contribution in [1.82, 2.24) is 0 Å². The normalized spacial score (nSPS) is 41.2. The van der Waals surface area contributed by atoms with Crippen molar-refractivity contribution >= 4 is 0 Å². The second kappa shape index (κ2) is 4.13. The predicted molar refractivity (Wildman–Crippen MR) is 86.2 cm³/mol. The highest BCUT2D eigenvalue weighted by Gasteiger charge is 2.68. The van der Waals surface area contributed by atoms with Crippen LogP contribution in [0.15, 0.2) is 24.3 Å². The minimum Gasteiger partial charge on any atom is -0.384 e. The van der Waals surface area contributed by atoms with E-state index in [1.807, 2.05) is 0 Å². The van der Waals surface area contributed by atoms with Gasteiger partial charge in [-0.25, -0.2) is 0 Å². The van der Waals surface area contributed by atoms with Gasteiger partial charge in [0.05, 0.1) is 0 Å². The molecule has 1 aromatic rings. The maximum atomic E-state index is 11.8. The highest BCUT2D eigenvalue weighted by molar-refractivity contribution is 5.37. The Morgan fingerprint density at radius 3 is 2.43 bits per heavy atom. The van der Waals surface area contributed by atoms with Crippen LogP contribution < -0.4 is 0 Å². The number of rotatable bonds is 2. The number of benzene rings is 1. The molecule has 1 N–H and O–H groups in total. The third kappa shape index (κ3) is 1.56. The highest BCUT2D eigenvalue weighted by atomic mass is 16.3. The van der Waals surface area contributed by atoms with E-state index < -0.39 is 5.60 Å². The zero-order chi connectivity index (χ0) is 14.9. The van der Waals surface area contributed by atoms with Gasteiger partial charge < -0.3 is 5.11 Å². The minimum absolute atomic E-state index is 0.0156. The Hall–Kier alpha value is -0.820. The molecular weight excluding hydrogens is 256 g/mol. The molecule has 1 aromatic carbocycles. The molecule has 4 rings (SSSR count). The molecule has 3 unspecified atom stereocenters. The first kappa shape index (κ1) is 13.8. The zero-order valence-electron chi connectivity index (χ0n) is 13.7. The largest absolute Gasteiger partial charge is 0.384 e. The Bertz CT molecular complexity index is 564. The summed E-state index contributed by atoms with van der Waals surface area (Å²) in [7, 11) is 0. The number of fused-ring (bicyclic) bond motifs is 2. The van der Waals surface area contributed by atoms with Gasteiger partial charge in [-0.05, 0) is 55.1 Å². The van der Waals surface area contributed by atoms with Gasteiger partial charge >= 0.3 is 0 Å². The summed E-state index contributed by atoms with van der Waals surface area (Å²) in [5, 5.41) is 11.8. The quantitative estimate of drug-likeness (QED) is 0.811. The first-order valence-electron chi connectivity index (χ1n) is 8.71. The Balaban J connectivity index is 1.81. The summed E-state index contributed by atoms with van der Waals surface area (Å²) < 4.78 is 0. The summed E-state index contributed by atoms with van der Waals surface area (Å²) >= 11 is 0. The van der Waals surface area contributed by atoms with Crippen LogP contribution in [0.4, 0.5) is 0 Å². The second-order valence-electron chi connectivity index (χ2n) is 8.69. The monoisotopic (exact) mass is 284 g/mol. The van der Waals surface area contributed by atoms with E-state index in [2.05, 4.69) is 45.0 Å². The Kier molecular flexibility index (Phi) is 2.72. The summed E-state index contributed by atoms with van der Waals surface area (Å²) in [6.07, 6.45) is 7.66. The van der Waals surface area contributed by atoms with Crippen LogP contribution in [0.25, 0.3) is 0 Å². The molecular formula is C20H28O. The van der Waals surface area contributed by atoms with Crippen molar-refractivity contribution in [3.05, 3.63) is 35.4 Å². The molecule has 1 nitrogen and oxygen atoms in total. The fraction of sp³-hybridized carbons (Fsp3) is 0.700. The first-order valence-corrected chi connectivity index (χ1v) is 8.71. The lowest BCUT2D eigenvalue weighted by Crippen LogP contribution is -2.51. The third-order valence-corrected chi connectivity index (χ3v) is 7.45. The molecule has 114 valence electrons. The van der Waals surface area contributed by atoms with Gasteiger partial charge in [-0.15, -0.1) is 0 Å². The summed E-state index contributed by atoms with van der Waals surface area (Å²) in [5.41, 5.74) is 2.01. The molecule has 0 spiro atoms. The van der Waals surface area contributed by atoms with Crippen LogP contribution >= 0.6 is 0 Å². The SMILES string of the molecule is CC12CCC(C1)C(C)(C)C2(O)c1cccc(C2CCC2)c1. The molecule has 1 heteroatoms. The molecule has 0 saturated heterocycles. The molecule has 0 radical (unpaired) electrons. The summed E-state index contributed by atoms with van der Waals surface area (Å²) in [4.78, 5) is 0. The third-order valence-electron chi connectivity index (χ3n) is 7.45. The van der Waals surface area contributed by atoms with Crippen LogP contribution in [0.5, 0.6) is 0 Å². The smallest absolute Gasteiger partial charge is 0.100 e. The van der Waals surface area contributed by atoms with Crippen molar-refractivity contribution in [3.63, 3.8) is 0 Å². The summed E-state index contributed by atoms with van der Waals surface area (Å²) in [6.45, 7) is 6.90. The van der Waals surface area contributed by atoms with E-state index in [4.69, 9.17) is 0 Å². The fourth-order valence-electron chi connectivity index (χ4n) is 5.74. The van der Waals surface area contributed by atoms with Gasteiger partial charge in [0.15, 0.2) is 0 Å². The molecule has 2 bridgehead atoms. The standard InChI is InChI=1S/C20H28O/c1-18(2)17-10-11-19(3,13-17)20(18,21)16-9-5-8-15(12-16)14-6-4-7-14/h5,8-9,12,14,17,21H,4,6-7,10-11,13H2,1-3H3. The topological polar surface area (TPSA) is 20.2 Å². The summed E-state index contributed by atoms with van der Waals surface area (Å²) in [5.74, 6) is 1.41. The van der Waals surface area contributed by atoms with E-state index >= 15 is 0 Å². The molecule has 3 atom stereocenters. The van der Waals surface area contributed by atoms with E-state index in [9.17, 15) is 5.11 Å².